The van der Waals surface area contributed by atoms with Crippen LogP contribution in [0.1, 0.15) is 40.6 Å². The third kappa shape index (κ3) is 2.71. The van der Waals surface area contributed by atoms with Gasteiger partial charge in [-0.1, -0.05) is 23.0 Å². The number of aryl methyl sites for hydroxylation is 2. The van der Waals surface area contributed by atoms with E-state index in [1.165, 1.54) is 4.88 Å². The standard InChI is InChI=1S/C19H23NO3S/c1-11-8-16(21)12(2)15-6-7-19(5,23-18(11)15)17(22)9-20-10-24-14(4)13(20)3/h8,10H,6-7,9H2,1-5H3. The van der Waals surface area contributed by atoms with Crippen LogP contribution >= 0.6 is 11.3 Å². The van der Waals surface area contributed by atoms with Gasteiger partial charge in [0, 0.05) is 6.92 Å². The average Bonchev–Trinajstić information content (AvgIpc) is 2.85. The lowest BCUT2D eigenvalue weighted by molar-refractivity contribution is -0.686. The van der Waals surface area contributed by atoms with Crippen molar-refractivity contribution in [3.63, 3.8) is 0 Å². The fraction of sp³-hybridized carbons (Fsp3) is 0.474. The van der Waals surface area contributed by atoms with Gasteiger partial charge in [-0.2, -0.15) is 4.57 Å². The molecule has 128 valence electrons. The largest absolute Gasteiger partial charge is 0.872 e. The summed E-state index contributed by atoms with van der Waals surface area (Å²) in [4.78, 5) is 14.1. The van der Waals surface area contributed by atoms with Crippen molar-refractivity contribution < 1.29 is 19.2 Å². The molecule has 0 N–H and O–H groups in total. The number of aromatic nitrogens is 1. The molecule has 2 heterocycles. The molecular weight excluding hydrogens is 322 g/mol. The number of Topliss-reactive ketones (excluding diaryl/α,β-unsaturated/α-hetero) is 1. The molecule has 0 saturated heterocycles. The van der Waals surface area contributed by atoms with Gasteiger partial charge in [0.15, 0.2) is 11.3 Å². The van der Waals surface area contributed by atoms with Gasteiger partial charge in [0.2, 0.25) is 17.8 Å². The summed E-state index contributed by atoms with van der Waals surface area (Å²) in [6.07, 6.45) is 1.30. The zero-order valence-corrected chi connectivity index (χ0v) is 15.7. The van der Waals surface area contributed by atoms with Gasteiger partial charge in [0.05, 0.1) is 4.88 Å². The van der Waals surface area contributed by atoms with Crippen molar-refractivity contribution in [3.05, 3.63) is 38.8 Å². The van der Waals surface area contributed by atoms with Gasteiger partial charge in [-0.05, 0) is 51.7 Å². The van der Waals surface area contributed by atoms with Crippen LogP contribution in [-0.2, 0) is 17.8 Å². The Bertz CT molecular complexity index is 825. The number of ether oxygens (including phenoxy) is 1. The predicted molar refractivity (Wildman–Crippen MR) is 91.7 cm³/mol. The molecule has 1 aliphatic rings. The fourth-order valence-electron chi connectivity index (χ4n) is 3.19. The monoisotopic (exact) mass is 345 g/mol. The maximum atomic E-state index is 12.9. The fourth-order valence-corrected chi connectivity index (χ4v) is 4.00. The third-order valence-corrected chi connectivity index (χ3v) is 6.19. The topological polar surface area (TPSA) is 53.2 Å². The molecule has 24 heavy (non-hydrogen) atoms. The highest BCUT2D eigenvalue weighted by atomic mass is 32.1. The minimum atomic E-state index is -0.843. The van der Waals surface area contributed by atoms with Gasteiger partial charge in [0.1, 0.15) is 5.75 Å². The quantitative estimate of drug-likeness (QED) is 0.804. The van der Waals surface area contributed by atoms with E-state index in [2.05, 4.69) is 6.92 Å². The van der Waals surface area contributed by atoms with Crippen LogP contribution in [-0.4, -0.2) is 11.4 Å². The van der Waals surface area contributed by atoms with E-state index in [1.54, 1.807) is 17.4 Å². The lowest BCUT2D eigenvalue weighted by Crippen LogP contribution is -2.51. The first kappa shape index (κ1) is 17.0. The second-order valence-corrected chi connectivity index (χ2v) is 7.93. The Kier molecular flexibility index (Phi) is 4.16. The third-order valence-electron chi connectivity index (χ3n) is 5.18. The number of benzene rings is 1. The summed E-state index contributed by atoms with van der Waals surface area (Å²) in [5.74, 6) is 0.837. The van der Waals surface area contributed by atoms with Gasteiger partial charge >= 0.3 is 0 Å². The summed E-state index contributed by atoms with van der Waals surface area (Å²) in [5.41, 5.74) is 4.78. The number of fused-ring (bicyclic) bond motifs is 1. The molecule has 0 fully saturated rings. The maximum Gasteiger partial charge on any atom is 0.240 e. The first-order valence-corrected chi connectivity index (χ1v) is 9.07. The van der Waals surface area contributed by atoms with E-state index in [0.29, 0.717) is 19.4 Å². The molecule has 1 atom stereocenters. The van der Waals surface area contributed by atoms with Crippen LogP contribution in [0.4, 0.5) is 0 Å². The average molecular weight is 345 g/mol. The SMILES string of the molecule is Cc1cc([O-])c(C)c2c1OC(C)(C(=O)C[n+]1csc(C)c1C)CC2. The minimum absolute atomic E-state index is 0.0460. The maximum absolute atomic E-state index is 12.9. The molecule has 0 saturated carbocycles. The Hall–Kier alpha value is -1.88. The van der Waals surface area contributed by atoms with E-state index in [4.69, 9.17) is 4.74 Å². The number of hydrogen-bond acceptors (Lipinski definition) is 4. The number of carbonyl (C=O) groups excluding carboxylic acids is 1. The Labute approximate surface area is 146 Å². The van der Waals surface area contributed by atoms with Crippen LogP contribution in [0.2, 0.25) is 0 Å². The summed E-state index contributed by atoms with van der Waals surface area (Å²) < 4.78 is 8.16. The van der Waals surface area contributed by atoms with Crippen molar-refractivity contribution in [1.82, 2.24) is 0 Å². The van der Waals surface area contributed by atoms with Crippen molar-refractivity contribution in [1.29, 1.82) is 0 Å². The van der Waals surface area contributed by atoms with Crippen molar-refractivity contribution in [3.8, 4) is 11.5 Å². The lowest BCUT2D eigenvalue weighted by atomic mass is 9.86. The van der Waals surface area contributed by atoms with Crippen molar-refractivity contribution in [2.75, 3.05) is 0 Å². The van der Waals surface area contributed by atoms with E-state index in [0.717, 1.165) is 28.1 Å². The Morgan fingerprint density at radius 3 is 2.71 bits per heavy atom. The molecule has 5 heteroatoms. The number of thiazole rings is 1. The molecule has 0 aliphatic carbocycles. The van der Waals surface area contributed by atoms with Gasteiger partial charge in [0.25, 0.3) is 0 Å². The number of hydrogen-bond donors (Lipinski definition) is 0. The Balaban J connectivity index is 1.89. The second kappa shape index (κ2) is 5.88. The molecule has 3 rings (SSSR count). The molecule has 1 unspecified atom stereocenters. The van der Waals surface area contributed by atoms with Crippen LogP contribution in [0.25, 0.3) is 0 Å². The van der Waals surface area contributed by atoms with Crippen molar-refractivity contribution in [2.24, 2.45) is 0 Å². The van der Waals surface area contributed by atoms with E-state index in [9.17, 15) is 9.90 Å². The Morgan fingerprint density at radius 1 is 1.38 bits per heavy atom. The van der Waals surface area contributed by atoms with Crippen molar-refractivity contribution >= 4 is 17.1 Å². The molecule has 2 aromatic rings. The summed E-state index contributed by atoms with van der Waals surface area (Å²) in [6, 6.07) is 1.60. The molecule has 1 aliphatic heterocycles. The van der Waals surface area contributed by atoms with Crippen molar-refractivity contribution in [2.45, 2.75) is 59.6 Å². The van der Waals surface area contributed by atoms with E-state index >= 15 is 0 Å². The Morgan fingerprint density at radius 2 is 2.08 bits per heavy atom. The van der Waals surface area contributed by atoms with Gasteiger partial charge < -0.3 is 9.84 Å². The first-order chi connectivity index (χ1) is 11.2. The summed E-state index contributed by atoms with van der Waals surface area (Å²) in [6.45, 7) is 9.98. The number of carbonyl (C=O) groups is 1. The highest BCUT2D eigenvalue weighted by Crippen LogP contribution is 2.40. The second-order valence-electron chi connectivity index (χ2n) is 6.87. The summed E-state index contributed by atoms with van der Waals surface area (Å²) in [5, 5.41) is 12.0. The normalized spacial score (nSPS) is 19.7. The molecule has 0 bridgehead atoms. The zero-order valence-electron chi connectivity index (χ0n) is 14.9. The minimum Gasteiger partial charge on any atom is -0.872 e. The molecule has 4 nitrogen and oxygen atoms in total. The van der Waals surface area contributed by atoms with Gasteiger partial charge in [-0.15, -0.1) is 5.75 Å². The lowest BCUT2D eigenvalue weighted by Gasteiger charge is -2.36. The first-order valence-electron chi connectivity index (χ1n) is 8.19. The predicted octanol–water partition coefficient (Wildman–Crippen LogP) is 2.70. The molecule has 0 amide bonds. The number of ketones is 1. The molecular formula is C19H23NO3S. The summed E-state index contributed by atoms with van der Waals surface area (Å²) in [7, 11) is 0. The van der Waals surface area contributed by atoms with E-state index in [1.807, 2.05) is 37.8 Å². The number of nitrogens with zero attached hydrogens (tertiary/aromatic N) is 1. The van der Waals surface area contributed by atoms with Crippen LogP contribution in [0.3, 0.4) is 0 Å². The van der Waals surface area contributed by atoms with Crippen LogP contribution < -0.4 is 14.4 Å². The molecule has 0 radical (unpaired) electrons. The van der Waals surface area contributed by atoms with Crippen LogP contribution in [0, 0.1) is 27.7 Å². The number of rotatable bonds is 3. The highest BCUT2D eigenvalue weighted by Gasteiger charge is 2.41. The van der Waals surface area contributed by atoms with Crippen LogP contribution in [0.5, 0.6) is 11.5 Å². The van der Waals surface area contributed by atoms with Gasteiger partial charge in [-0.3, -0.25) is 4.79 Å². The van der Waals surface area contributed by atoms with Crippen LogP contribution in [0.15, 0.2) is 11.6 Å². The van der Waals surface area contributed by atoms with Gasteiger partial charge in [-0.25, -0.2) is 0 Å². The summed E-state index contributed by atoms with van der Waals surface area (Å²) >= 11 is 1.65. The smallest absolute Gasteiger partial charge is 0.240 e. The van der Waals surface area contributed by atoms with E-state index in [-0.39, 0.29) is 11.5 Å². The van der Waals surface area contributed by atoms with E-state index < -0.39 is 5.60 Å². The molecule has 0 spiro atoms. The zero-order chi connectivity index (χ0) is 17.6. The highest BCUT2D eigenvalue weighted by molar-refractivity contribution is 7.09. The molecule has 1 aromatic heterocycles. The molecule has 1 aromatic carbocycles.